The molecule has 0 spiro atoms. The van der Waals surface area contributed by atoms with Gasteiger partial charge in [-0.15, -0.1) is 16.8 Å². The second-order valence-electron chi connectivity index (χ2n) is 6.74. The molecule has 0 aliphatic heterocycles. The number of ether oxygens (including phenoxy) is 1. The van der Waals surface area contributed by atoms with E-state index in [2.05, 4.69) is 63.8 Å². The van der Waals surface area contributed by atoms with Crippen LogP contribution in [0.3, 0.4) is 0 Å². The van der Waals surface area contributed by atoms with Gasteiger partial charge in [-0.2, -0.15) is 0 Å². The minimum Gasteiger partial charge on any atom is -0.483 e. The van der Waals surface area contributed by atoms with E-state index in [0.29, 0.717) is 6.54 Å². The second kappa shape index (κ2) is 8.97. The minimum atomic E-state index is -0.211. The van der Waals surface area contributed by atoms with E-state index < -0.39 is 0 Å². The van der Waals surface area contributed by atoms with Crippen LogP contribution in [0.5, 0.6) is 5.75 Å². The Kier molecular flexibility index (Phi) is 5.96. The number of thioether (sulfide) groups is 1. The molecule has 0 saturated carbocycles. The van der Waals surface area contributed by atoms with Gasteiger partial charge < -0.3 is 4.74 Å². The van der Waals surface area contributed by atoms with Crippen LogP contribution in [0.15, 0.2) is 90.6 Å². The van der Waals surface area contributed by atoms with Crippen molar-refractivity contribution in [3.8, 4) is 5.75 Å². The Balaban J connectivity index is 1.55. The highest BCUT2D eigenvalue weighted by Gasteiger charge is 2.19. The van der Waals surface area contributed by atoms with Crippen molar-refractivity contribution in [2.24, 2.45) is 0 Å². The fourth-order valence-corrected chi connectivity index (χ4v) is 4.28. The molecule has 0 aliphatic carbocycles. The molecule has 0 bridgehead atoms. The molecule has 1 atom stereocenters. The minimum absolute atomic E-state index is 0.211. The summed E-state index contributed by atoms with van der Waals surface area (Å²) in [5, 5.41) is 12.3. The molecular formula is C24H23N3OS. The quantitative estimate of drug-likeness (QED) is 0.266. The van der Waals surface area contributed by atoms with Crippen molar-refractivity contribution in [2.75, 3.05) is 0 Å². The van der Waals surface area contributed by atoms with E-state index in [1.54, 1.807) is 11.8 Å². The number of hydrogen-bond donors (Lipinski definition) is 0. The number of nitrogens with zero attached hydrogens (tertiary/aromatic N) is 3. The van der Waals surface area contributed by atoms with Gasteiger partial charge in [-0.05, 0) is 35.4 Å². The number of aromatic nitrogens is 3. The Morgan fingerprint density at radius 2 is 1.76 bits per heavy atom. The van der Waals surface area contributed by atoms with Gasteiger partial charge in [-0.1, -0.05) is 78.5 Å². The highest BCUT2D eigenvalue weighted by atomic mass is 32.2. The van der Waals surface area contributed by atoms with Gasteiger partial charge in [0.15, 0.2) is 17.1 Å². The molecule has 146 valence electrons. The normalized spacial score (nSPS) is 12.0. The number of para-hydroxylation sites is 1. The van der Waals surface area contributed by atoms with Crippen molar-refractivity contribution in [3.63, 3.8) is 0 Å². The van der Waals surface area contributed by atoms with Gasteiger partial charge in [0.1, 0.15) is 5.75 Å². The Labute approximate surface area is 175 Å². The van der Waals surface area contributed by atoms with Crippen LogP contribution in [0.25, 0.3) is 10.8 Å². The van der Waals surface area contributed by atoms with E-state index in [1.165, 1.54) is 16.3 Å². The maximum atomic E-state index is 6.05. The van der Waals surface area contributed by atoms with Gasteiger partial charge in [0.2, 0.25) is 0 Å². The summed E-state index contributed by atoms with van der Waals surface area (Å²) in [7, 11) is 0. The third-order valence-electron chi connectivity index (χ3n) is 4.71. The van der Waals surface area contributed by atoms with Crippen LogP contribution in [0.1, 0.15) is 24.4 Å². The molecule has 4 nitrogen and oxygen atoms in total. The topological polar surface area (TPSA) is 39.9 Å². The lowest BCUT2D eigenvalue weighted by atomic mass is 10.1. The van der Waals surface area contributed by atoms with Gasteiger partial charge in [0.25, 0.3) is 0 Å². The highest BCUT2D eigenvalue weighted by Crippen LogP contribution is 2.29. The van der Waals surface area contributed by atoms with Crippen molar-refractivity contribution in [1.29, 1.82) is 0 Å². The van der Waals surface area contributed by atoms with E-state index in [-0.39, 0.29) is 6.10 Å². The Morgan fingerprint density at radius 1 is 1.00 bits per heavy atom. The molecule has 0 amide bonds. The first-order valence-corrected chi connectivity index (χ1v) is 10.6. The first-order chi connectivity index (χ1) is 14.3. The molecule has 1 heterocycles. The number of rotatable bonds is 8. The van der Waals surface area contributed by atoms with Gasteiger partial charge in [0.05, 0.1) is 0 Å². The first-order valence-electron chi connectivity index (χ1n) is 9.61. The zero-order valence-corrected chi connectivity index (χ0v) is 17.2. The smallest absolute Gasteiger partial charge is 0.191 e. The zero-order valence-electron chi connectivity index (χ0n) is 16.4. The summed E-state index contributed by atoms with van der Waals surface area (Å²) in [6.45, 7) is 6.53. The summed E-state index contributed by atoms with van der Waals surface area (Å²) in [5.74, 6) is 2.44. The lowest BCUT2D eigenvalue weighted by molar-refractivity contribution is 0.210. The zero-order chi connectivity index (χ0) is 20.1. The molecule has 0 saturated heterocycles. The molecule has 0 N–H and O–H groups in total. The van der Waals surface area contributed by atoms with E-state index in [4.69, 9.17) is 4.74 Å². The van der Waals surface area contributed by atoms with Crippen molar-refractivity contribution < 1.29 is 4.74 Å². The fourth-order valence-electron chi connectivity index (χ4n) is 3.32. The molecule has 4 rings (SSSR count). The maximum Gasteiger partial charge on any atom is 0.191 e. The standard InChI is InChI=1S/C24H23N3OS/c1-3-16-27-23(18(2)28-21-13-5-4-6-14-21)25-26-24(27)29-17-20-12-9-11-19-10-7-8-15-22(19)20/h3-15,18H,1,16-17H2,2H3. The van der Waals surface area contributed by atoms with E-state index in [9.17, 15) is 0 Å². The average molecular weight is 402 g/mol. The number of fused-ring (bicyclic) bond motifs is 1. The lowest BCUT2D eigenvalue weighted by Crippen LogP contribution is -2.12. The van der Waals surface area contributed by atoms with Crippen molar-refractivity contribution >= 4 is 22.5 Å². The van der Waals surface area contributed by atoms with Gasteiger partial charge in [-0.3, -0.25) is 4.57 Å². The third kappa shape index (κ3) is 4.35. The largest absolute Gasteiger partial charge is 0.483 e. The van der Waals surface area contributed by atoms with Crippen molar-refractivity contribution in [1.82, 2.24) is 14.8 Å². The van der Waals surface area contributed by atoms with Crippen LogP contribution in [-0.4, -0.2) is 14.8 Å². The molecule has 0 aliphatic rings. The molecular weight excluding hydrogens is 378 g/mol. The summed E-state index contributed by atoms with van der Waals surface area (Å²) >= 11 is 1.69. The number of benzene rings is 3. The van der Waals surface area contributed by atoms with Crippen LogP contribution in [0, 0.1) is 0 Å². The van der Waals surface area contributed by atoms with Crippen molar-refractivity contribution in [2.45, 2.75) is 30.5 Å². The first kappa shape index (κ1) is 19.3. The molecule has 5 heteroatoms. The SMILES string of the molecule is C=CCn1c(SCc2cccc3ccccc23)nnc1C(C)Oc1ccccc1. The predicted octanol–water partition coefficient (Wildman–Crippen LogP) is 6.05. The lowest BCUT2D eigenvalue weighted by Gasteiger charge is -2.15. The van der Waals surface area contributed by atoms with E-state index in [1.807, 2.05) is 43.3 Å². The summed E-state index contributed by atoms with van der Waals surface area (Å²) < 4.78 is 8.13. The molecule has 1 aromatic heterocycles. The second-order valence-corrected chi connectivity index (χ2v) is 7.68. The molecule has 3 aromatic carbocycles. The van der Waals surface area contributed by atoms with Gasteiger partial charge in [0, 0.05) is 12.3 Å². The molecule has 0 fully saturated rings. The fraction of sp³-hybridized carbons (Fsp3) is 0.167. The maximum absolute atomic E-state index is 6.05. The average Bonchev–Trinajstić information content (AvgIpc) is 3.16. The van der Waals surface area contributed by atoms with Crippen molar-refractivity contribution in [3.05, 3.63) is 96.8 Å². The van der Waals surface area contributed by atoms with E-state index >= 15 is 0 Å². The summed E-state index contributed by atoms with van der Waals surface area (Å²) in [6, 6.07) is 24.7. The van der Waals surface area contributed by atoms with Crippen LogP contribution in [0.2, 0.25) is 0 Å². The predicted molar refractivity (Wildman–Crippen MR) is 119 cm³/mol. The number of hydrogen-bond acceptors (Lipinski definition) is 4. The summed E-state index contributed by atoms with van der Waals surface area (Å²) in [6.07, 6.45) is 1.65. The highest BCUT2D eigenvalue weighted by molar-refractivity contribution is 7.98. The van der Waals surface area contributed by atoms with Gasteiger partial charge in [-0.25, -0.2) is 0 Å². The van der Waals surface area contributed by atoms with Crippen LogP contribution < -0.4 is 4.74 Å². The van der Waals surface area contributed by atoms with Crippen LogP contribution in [-0.2, 0) is 12.3 Å². The number of allylic oxidation sites excluding steroid dienone is 1. The van der Waals surface area contributed by atoms with Gasteiger partial charge >= 0.3 is 0 Å². The molecule has 0 radical (unpaired) electrons. The summed E-state index contributed by atoms with van der Waals surface area (Å²) in [4.78, 5) is 0. The van der Waals surface area contributed by atoms with Crippen LogP contribution >= 0.6 is 11.8 Å². The third-order valence-corrected chi connectivity index (χ3v) is 5.73. The Morgan fingerprint density at radius 3 is 2.59 bits per heavy atom. The molecule has 4 aromatic rings. The summed E-state index contributed by atoms with van der Waals surface area (Å²) in [5.41, 5.74) is 1.29. The Bertz CT molecular complexity index is 1100. The Hall–Kier alpha value is -3.05. The van der Waals surface area contributed by atoms with E-state index in [0.717, 1.165) is 22.5 Å². The molecule has 29 heavy (non-hydrogen) atoms. The monoisotopic (exact) mass is 401 g/mol. The van der Waals surface area contributed by atoms with Crippen LogP contribution in [0.4, 0.5) is 0 Å². The molecule has 1 unspecified atom stereocenters.